The van der Waals surface area contributed by atoms with E-state index in [-0.39, 0.29) is 0 Å². The molecule has 0 fully saturated rings. The number of thioether (sulfide) groups is 1. The second-order valence-electron chi connectivity index (χ2n) is 1.94. The molecule has 1 atom stereocenters. The van der Waals surface area contributed by atoms with E-state index in [1.54, 1.807) is 0 Å². The number of carbonyl (C=O) groups is 1. The number of rotatable bonds is 5. The van der Waals surface area contributed by atoms with Gasteiger partial charge in [0.25, 0.3) is 0 Å². The highest BCUT2D eigenvalue weighted by atomic mass is 32.2. The molecule has 0 unspecified atom stereocenters. The van der Waals surface area contributed by atoms with Crippen LogP contribution in [-0.4, -0.2) is 28.6 Å². The summed E-state index contributed by atoms with van der Waals surface area (Å²) in [5, 5.41) is 16.5. The summed E-state index contributed by atoms with van der Waals surface area (Å²) in [7, 11) is 0. The highest BCUT2D eigenvalue weighted by Crippen LogP contribution is 2.02. The van der Waals surface area contributed by atoms with Crippen LogP contribution in [0.2, 0.25) is 0 Å². The third kappa shape index (κ3) is 5.70. The minimum atomic E-state index is -0.984. The van der Waals surface area contributed by atoms with Gasteiger partial charge in [0.1, 0.15) is 6.04 Å². The third-order valence-corrected chi connectivity index (χ3v) is 1.91. The molecule has 0 aliphatic heterocycles. The van der Waals surface area contributed by atoms with E-state index < -0.39 is 12.0 Å². The van der Waals surface area contributed by atoms with Crippen molar-refractivity contribution in [3.63, 3.8) is 0 Å². The molecule has 0 saturated carbocycles. The van der Waals surface area contributed by atoms with Crippen LogP contribution in [0.4, 0.5) is 0 Å². The van der Waals surface area contributed by atoms with Crippen LogP contribution in [0.1, 0.15) is 6.42 Å². The SMILES string of the molecule is N#CCSCC[C@H](N)C(=O)O. The average Bonchev–Trinajstić information content (AvgIpc) is 1.97. The predicted molar refractivity (Wildman–Crippen MR) is 43.2 cm³/mol. The van der Waals surface area contributed by atoms with Crippen LogP contribution in [0.15, 0.2) is 0 Å². The number of nitriles is 1. The lowest BCUT2D eigenvalue weighted by Crippen LogP contribution is -2.30. The average molecular weight is 174 g/mol. The molecule has 0 aromatic heterocycles. The Morgan fingerprint density at radius 2 is 2.45 bits per heavy atom. The molecule has 0 radical (unpaired) electrons. The summed E-state index contributed by atoms with van der Waals surface area (Å²) in [4.78, 5) is 10.2. The van der Waals surface area contributed by atoms with Crippen molar-refractivity contribution in [3.05, 3.63) is 0 Å². The summed E-state index contributed by atoms with van der Waals surface area (Å²) < 4.78 is 0. The van der Waals surface area contributed by atoms with Crippen molar-refractivity contribution in [1.82, 2.24) is 0 Å². The van der Waals surface area contributed by atoms with Crippen molar-refractivity contribution in [2.75, 3.05) is 11.5 Å². The topological polar surface area (TPSA) is 87.1 Å². The number of nitrogens with zero attached hydrogens (tertiary/aromatic N) is 1. The predicted octanol–water partition coefficient (Wildman–Crippen LogP) is 0.0452. The summed E-state index contributed by atoms with van der Waals surface area (Å²) in [6.45, 7) is 0. The molecular formula is C6H10N2O2S. The Hall–Kier alpha value is -0.730. The molecule has 11 heavy (non-hydrogen) atoms. The van der Waals surface area contributed by atoms with Gasteiger partial charge in [-0.3, -0.25) is 4.79 Å². The first kappa shape index (κ1) is 10.3. The lowest BCUT2D eigenvalue weighted by molar-refractivity contribution is -0.138. The highest BCUT2D eigenvalue weighted by molar-refractivity contribution is 7.99. The van der Waals surface area contributed by atoms with Gasteiger partial charge in [0.05, 0.1) is 11.8 Å². The molecule has 62 valence electrons. The zero-order valence-corrected chi connectivity index (χ0v) is 6.80. The quantitative estimate of drug-likeness (QED) is 0.575. The van der Waals surface area contributed by atoms with Crippen molar-refractivity contribution < 1.29 is 9.90 Å². The molecule has 0 heterocycles. The van der Waals surface area contributed by atoms with Gasteiger partial charge >= 0.3 is 5.97 Å². The van der Waals surface area contributed by atoms with E-state index in [0.29, 0.717) is 17.9 Å². The normalized spacial score (nSPS) is 12.0. The number of aliphatic carboxylic acids is 1. The van der Waals surface area contributed by atoms with E-state index in [1.807, 2.05) is 6.07 Å². The number of hydrogen-bond donors (Lipinski definition) is 2. The van der Waals surface area contributed by atoms with E-state index >= 15 is 0 Å². The van der Waals surface area contributed by atoms with Gasteiger partial charge in [0.15, 0.2) is 0 Å². The zero-order chi connectivity index (χ0) is 8.69. The van der Waals surface area contributed by atoms with Crippen LogP contribution < -0.4 is 5.73 Å². The summed E-state index contributed by atoms with van der Waals surface area (Å²) in [5.41, 5.74) is 5.20. The number of carboxylic acid groups (broad SMARTS) is 1. The van der Waals surface area contributed by atoms with Crippen molar-refractivity contribution in [3.8, 4) is 6.07 Å². The number of carboxylic acids is 1. The fourth-order valence-corrected chi connectivity index (χ4v) is 1.11. The summed E-state index contributed by atoms with van der Waals surface area (Å²) in [6, 6.07) is 1.15. The Morgan fingerprint density at radius 1 is 1.82 bits per heavy atom. The van der Waals surface area contributed by atoms with E-state index in [1.165, 1.54) is 11.8 Å². The van der Waals surface area contributed by atoms with E-state index in [9.17, 15) is 4.79 Å². The van der Waals surface area contributed by atoms with Crippen LogP contribution in [0, 0.1) is 11.3 Å². The Balaban J connectivity index is 3.26. The second kappa shape index (κ2) is 6.01. The molecule has 0 rings (SSSR count). The monoisotopic (exact) mass is 174 g/mol. The van der Waals surface area contributed by atoms with Gasteiger partial charge in [-0.2, -0.15) is 5.26 Å². The van der Waals surface area contributed by atoms with Crippen molar-refractivity contribution in [2.24, 2.45) is 5.73 Å². The van der Waals surface area contributed by atoms with Gasteiger partial charge in [0.2, 0.25) is 0 Å². The molecule has 0 aromatic carbocycles. The Labute approximate surface area is 69.4 Å². The van der Waals surface area contributed by atoms with Crippen molar-refractivity contribution in [2.45, 2.75) is 12.5 Å². The molecule has 0 bridgehead atoms. The first-order valence-corrected chi connectivity index (χ1v) is 4.27. The first-order valence-electron chi connectivity index (χ1n) is 3.11. The lowest BCUT2D eigenvalue weighted by Gasteiger charge is -2.03. The van der Waals surface area contributed by atoms with E-state index in [0.717, 1.165) is 0 Å². The molecule has 4 nitrogen and oxygen atoms in total. The van der Waals surface area contributed by atoms with Crippen LogP contribution in [0.3, 0.4) is 0 Å². The van der Waals surface area contributed by atoms with Gasteiger partial charge in [-0.1, -0.05) is 0 Å². The standard InChI is InChI=1S/C6H10N2O2S/c7-2-4-11-3-1-5(8)6(9)10/h5H,1,3-4,8H2,(H,9,10)/t5-/m0/s1. The van der Waals surface area contributed by atoms with Gasteiger partial charge in [-0.25, -0.2) is 0 Å². The Bertz CT molecular complexity index is 166. The molecule has 3 N–H and O–H groups in total. The van der Waals surface area contributed by atoms with Crippen LogP contribution >= 0.6 is 11.8 Å². The molecule has 5 heteroatoms. The molecule has 0 amide bonds. The Morgan fingerprint density at radius 3 is 2.91 bits per heavy atom. The number of hydrogen-bond acceptors (Lipinski definition) is 4. The third-order valence-electron chi connectivity index (χ3n) is 1.06. The summed E-state index contributed by atoms with van der Waals surface area (Å²) >= 11 is 1.39. The van der Waals surface area contributed by atoms with Crippen LogP contribution in [0.5, 0.6) is 0 Å². The van der Waals surface area contributed by atoms with E-state index in [4.69, 9.17) is 16.1 Å². The minimum absolute atomic E-state index is 0.395. The maximum atomic E-state index is 10.2. The minimum Gasteiger partial charge on any atom is -0.480 e. The molecule has 0 aromatic rings. The fourth-order valence-electron chi connectivity index (χ4n) is 0.452. The first-order chi connectivity index (χ1) is 5.18. The molecule has 0 spiro atoms. The van der Waals surface area contributed by atoms with Gasteiger partial charge in [-0.15, -0.1) is 11.8 Å². The van der Waals surface area contributed by atoms with Crippen molar-refractivity contribution in [1.29, 1.82) is 5.26 Å². The summed E-state index contributed by atoms with van der Waals surface area (Å²) in [6.07, 6.45) is 0.418. The molecular weight excluding hydrogens is 164 g/mol. The van der Waals surface area contributed by atoms with E-state index in [2.05, 4.69) is 0 Å². The molecule has 0 saturated heterocycles. The maximum absolute atomic E-state index is 10.2. The van der Waals surface area contributed by atoms with Crippen LogP contribution in [0.25, 0.3) is 0 Å². The van der Waals surface area contributed by atoms with Crippen LogP contribution in [-0.2, 0) is 4.79 Å². The van der Waals surface area contributed by atoms with Gasteiger partial charge in [0, 0.05) is 0 Å². The summed E-state index contributed by atoms with van der Waals surface area (Å²) in [5.74, 6) is 0.0375. The van der Waals surface area contributed by atoms with Gasteiger partial charge < -0.3 is 10.8 Å². The molecule has 0 aliphatic rings. The Kier molecular flexibility index (Phi) is 5.61. The highest BCUT2D eigenvalue weighted by Gasteiger charge is 2.09. The largest absolute Gasteiger partial charge is 0.480 e. The smallest absolute Gasteiger partial charge is 0.320 e. The second-order valence-corrected chi connectivity index (χ2v) is 3.05. The number of nitrogens with two attached hydrogens (primary N) is 1. The van der Waals surface area contributed by atoms with Crippen molar-refractivity contribution >= 4 is 17.7 Å². The fraction of sp³-hybridized carbons (Fsp3) is 0.667. The zero-order valence-electron chi connectivity index (χ0n) is 5.99. The van der Waals surface area contributed by atoms with Gasteiger partial charge in [-0.05, 0) is 12.2 Å². The molecule has 0 aliphatic carbocycles. The lowest BCUT2D eigenvalue weighted by atomic mass is 10.2. The maximum Gasteiger partial charge on any atom is 0.320 e.